The third-order valence-electron chi connectivity index (χ3n) is 3.73. The number of thiazole rings is 1. The van der Waals surface area contributed by atoms with Crippen molar-refractivity contribution in [3.8, 4) is 0 Å². The van der Waals surface area contributed by atoms with Gasteiger partial charge in [-0.15, -0.1) is 0 Å². The minimum absolute atomic E-state index is 0.123. The van der Waals surface area contributed by atoms with E-state index in [9.17, 15) is 5.11 Å². The molecule has 19 heavy (non-hydrogen) atoms. The summed E-state index contributed by atoms with van der Waals surface area (Å²) in [7, 11) is 0. The van der Waals surface area contributed by atoms with Crippen molar-refractivity contribution in [3.63, 3.8) is 0 Å². The molecule has 4 heteroatoms. The molecule has 1 fully saturated rings. The van der Waals surface area contributed by atoms with Crippen molar-refractivity contribution in [3.05, 3.63) is 10.6 Å². The van der Waals surface area contributed by atoms with Gasteiger partial charge in [-0.25, -0.2) is 4.98 Å². The molecule has 0 aliphatic heterocycles. The molecule has 0 saturated heterocycles. The zero-order valence-corrected chi connectivity index (χ0v) is 13.3. The highest BCUT2D eigenvalue weighted by atomic mass is 32.1. The number of hydrogen-bond acceptors (Lipinski definition) is 4. The normalized spacial score (nSPS) is 16.9. The first-order valence-corrected chi connectivity index (χ1v) is 8.25. The highest BCUT2D eigenvalue weighted by Crippen LogP contribution is 2.38. The van der Waals surface area contributed by atoms with E-state index in [0.717, 1.165) is 28.7 Å². The van der Waals surface area contributed by atoms with Gasteiger partial charge < -0.3 is 10.0 Å². The summed E-state index contributed by atoms with van der Waals surface area (Å²) in [6.45, 7) is 10.1. The Morgan fingerprint density at radius 1 is 1.37 bits per heavy atom. The number of aliphatic hydroxyl groups excluding tert-OH is 1. The summed E-state index contributed by atoms with van der Waals surface area (Å²) in [6.07, 6.45) is 3.66. The van der Waals surface area contributed by atoms with Gasteiger partial charge >= 0.3 is 0 Å². The predicted molar refractivity (Wildman–Crippen MR) is 81.9 cm³/mol. The third kappa shape index (κ3) is 3.48. The molecule has 0 amide bonds. The Morgan fingerprint density at radius 3 is 2.53 bits per heavy atom. The van der Waals surface area contributed by atoms with Gasteiger partial charge in [-0.3, -0.25) is 0 Å². The molecule has 2 rings (SSSR count). The third-order valence-corrected chi connectivity index (χ3v) is 4.83. The Morgan fingerprint density at radius 2 is 2.05 bits per heavy atom. The van der Waals surface area contributed by atoms with Crippen LogP contribution in [0.5, 0.6) is 0 Å². The second-order valence-electron chi connectivity index (χ2n) is 6.05. The second kappa shape index (κ2) is 6.23. The lowest BCUT2D eigenvalue weighted by molar-refractivity contribution is 0.283. The molecule has 108 valence electrons. The molecule has 3 nitrogen and oxygen atoms in total. The van der Waals surface area contributed by atoms with E-state index in [4.69, 9.17) is 4.98 Å². The smallest absolute Gasteiger partial charge is 0.186 e. The SMILES string of the molecule is CCC(C)c1nc(N(CC(C)C)C2CC2)sc1CO. The van der Waals surface area contributed by atoms with Crippen LogP contribution >= 0.6 is 11.3 Å². The monoisotopic (exact) mass is 282 g/mol. The van der Waals surface area contributed by atoms with E-state index in [-0.39, 0.29) is 6.61 Å². The van der Waals surface area contributed by atoms with E-state index >= 15 is 0 Å². The lowest BCUT2D eigenvalue weighted by Crippen LogP contribution is -2.29. The van der Waals surface area contributed by atoms with Crippen molar-refractivity contribution in [2.45, 2.75) is 65.5 Å². The molecule has 1 unspecified atom stereocenters. The molecule has 1 atom stereocenters. The molecule has 1 saturated carbocycles. The summed E-state index contributed by atoms with van der Waals surface area (Å²) in [5.74, 6) is 1.08. The lowest BCUT2D eigenvalue weighted by Gasteiger charge is -2.23. The first-order valence-electron chi connectivity index (χ1n) is 7.43. The molecule has 1 aliphatic rings. The minimum atomic E-state index is 0.123. The maximum Gasteiger partial charge on any atom is 0.186 e. The predicted octanol–water partition coefficient (Wildman–Crippen LogP) is 3.77. The number of hydrogen-bond donors (Lipinski definition) is 1. The molecule has 1 aliphatic carbocycles. The van der Waals surface area contributed by atoms with E-state index in [2.05, 4.69) is 32.6 Å². The summed E-state index contributed by atoms with van der Waals surface area (Å²) in [5.41, 5.74) is 1.11. The van der Waals surface area contributed by atoms with Crippen molar-refractivity contribution in [1.29, 1.82) is 0 Å². The fraction of sp³-hybridized carbons (Fsp3) is 0.800. The van der Waals surface area contributed by atoms with Crippen LogP contribution in [0.4, 0.5) is 5.13 Å². The molecular weight excluding hydrogens is 256 g/mol. The second-order valence-corrected chi connectivity index (χ2v) is 7.11. The highest BCUT2D eigenvalue weighted by Gasteiger charge is 2.32. The van der Waals surface area contributed by atoms with Gasteiger partial charge in [0.2, 0.25) is 0 Å². The van der Waals surface area contributed by atoms with Crippen molar-refractivity contribution in [1.82, 2.24) is 4.98 Å². The standard InChI is InChI=1S/C15H26N2OS/c1-5-11(4)14-13(9-18)19-15(16-14)17(8-10(2)3)12-6-7-12/h10-12,18H,5-9H2,1-4H3. The Balaban J connectivity index is 2.24. The number of aliphatic hydroxyl groups is 1. The number of aromatic nitrogens is 1. The average Bonchev–Trinajstić information content (AvgIpc) is 3.13. The van der Waals surface area contributed by atoms with Crippen LogP contribution in [0.15, 0.2) is 0 Å². The first kappa shape index (κ1) is 14.8. The fourth-order valence-electron chi connectivity index (χ4n) is 2.33. The van der Waals surface area contributed by atoms with Crippen LogP contribution in [0.3, 0.4) is 0 Å². The van der Waals surface area contributed by atoms with E-state index in [1.807, 2.05) is 0 Å². The van der Waals surface area contributed by atoms with Gasteiger partial charge in [-0.05, 0) is 31.1 Å². The van der Waals surface area contributed by atoms with Crippen LogP contribution in [-0.4, -0.2) is 22.7 Å². The lowest BCUT2D eigenvalue weighted by atomic mass is 10.0. The van der Waals surface area contributed by atoms with Crippen LogP contribution < -0.4 is 4.90 Å². The molecule has 1 heterocycles. The van der Waals surface area contributed by atoms with E-state index in [1.54, 1.807) is 11.3 Å². The molecule has 1 aromatic rings. The van der Waals surface area contributed by atoms with Crippen LogP contribution in [0.25, 0.3) is 0 Å². The molecule has 0 radical (unpaired) electrons. The first-order chi connectivity index (χ1) is 9.06. The van der Waals surface area contributed by atoms with Gasteiger partial charge in [0.1, 0.15) is 0 Å². The highest BCUT2D eigenvalue weighted by molar-refractivity contribution is 7.15. The number of rotatable bonds is 7. The Bertz CT molecular complexity index is 412. The quantitative estimate of drug-likeness (QED) is 0.827. The average molecular weight is 282 g/mol. The van der Waals surface area contributed by atoms with Crippen LogP contribution in [0.1, 0.15) is 63.4 Å². The van der Waals surface area contributed by atoms with Crippen LogP contribution in [0, 0.1) is 5.92 Å². The van der Waals surface area contributed by atoms with Crippen molar-refractivity contribution in [2.75, 3.05) is 11.4 Å². The van der Waals surface area contributed by atoms with Gasteiger partial charge in [0.05, 0.1) is 17.2 Å². The van der Waals surface area contributed by atoms with Crippen molar-refractivity contribution in [2.24, 2.45) is 5.92 Å². The number of anilines is 1. The zero-order chi connectivity index (χ0) is 14.0. The van der Waals surface area contributed by atoms with E-state index in [1.165, 1.54) is 12.8 Å². The summed E-state index contributed by atoms with van der Waals surface area (Å²) in [5, 5.41) is 10.7. The Labute approximate surface area is 120 Å². The topological polar surface area (TPSA) is 36.4 Å². The Hall–Kier alpha value is -0.610. The Kier molecular flexibility index (Phi) is 4.85. The summed E-state index contributed by atoms with van der Waals surface area (Å²) in [6, 6.07) is 0.685. The molecule has 0 aromatic carbocycles. The van der Waals surface area contributed by atoms with Crippen LogP contribution in [0.2, 0.25) is 0 Å². The van der Waals surface area contributed by atoms with Crippen LogP contribution in [-0.2, 0) is 6.61 Å². The summed E-state index contributed by atoms with van der Waals surface area (Å²) >= 11 is 1.69. The van der Waals surface area contributed by atoms with Gasteiger partial charge in [0.25, 0.3) is 0 Å². The van der Waals surface area contributed by atoms with Crippen molar-refractivity contribution < 1.29 is 5.11 Å². The zero-order valence-electron chi connectivity index (χ0n) is 12.5. The fourth-order valence-corrected chi connectivity index (χ4v) is 3.45. The van der Waals surface area contributed by atoms with Gasteiger partial charge in [-0.1, -0.05) is 39.0 Å². The van der Waals surface area contributed by atoms with E-state index in [0.29, 0.717) is 17.9 Å². The molecule has 0 bridgehead atoms. The molecule has 1 N–H and O–H groups in total. The summed E-state index contributed by atoms with van der Waals surface area (Å²) < 4.78 is 0. The van der Waals surface area contributed by atoms with E-state index < -0.39 is 0 Å². The van der Waals surface area contributed by atoms with Gasteiger partial charge in [0.15, 0.2) is 5.13 Å². The minimum Gasteiger partial charge on any atom is -0.391 e. The molecular formula is C15H26N2OS. The van der Waals surface area contributed by atoms with Gasteiger partial charge in [-0.2, -0.15) is 0 Å². The van der Waals surface area contributed by atoms with Crippen molar-refractivity contribution >= 4 is 16.5 Å². The maximum atomic E-state index is 9.55. The summed E-state index contributed by atoms with van der Waals surface area (Å²) in [4.78, 5) is 8.36. The maximum absolute atomic E-state index is 9.55. The molecule has 1 aromatic heterocycles. The number of nitrogens with zero attached hydrogens (tertiary/aromatic N) is 2. The van der Waals surface area contributed by atoms with Gasteiger partial charge in [0, 0.05) is 12.6 Å². The largest absolute Gasteiger partial charge is 0.391 e. The molecule has 0 spiro atoms.